The van der Waals surface area contributed by atoms with Gasteiger partial charge in [-0.15, -0.1) is 0 Å². The predicted molar refractivity (Wildman–Crippen MR) is 165 cm³/mol. The summed E-state index contributed by atoms with van der Waals surface area (Å²) in [4.78, 5) is 25.7. The Hall–Kier alpha value is 1.53. The third-order valence-corrected chi connectivity index (χ3v) is 12.4. The third-order valence-electron chi connectivity index (χ3n) is 11.5. The Labute approximate surface area is 380 Å². The summed E-state index contributed by atoms with van der Waals surface area (Å²) in [6, 6.07) is 0. The summed E-state index contributed by atoms with van der Waals surface area (Å²) in [5.41, 5.74) is -0.319. The van der Waals surface area contributed by atoms with Crippen molar-refractivity contribution in [2.24, 2.45) is 40.4 Å². The maximum absolute atomic E-state index is 12.9. The summed E-state index contributed by atoms with van der Waals surface area (Å²) in [7, 11) is -10.8. The average Bonchev–Trinajstić information content (AvgIpc) is 3.12. The van der Waals surface area contributed by atoms with Gasteiger partial charge in [-0.05, 0) is 79.6 Å². The van der Waals surface area contributed by atoms with Gasteiger partial charge in [-0.2, -0.15) is 16.8 Å². The number of hydrogen-bond acceptors (Lipinski definition) is 13. The van der Waals surface area contributed by atoms with E-state index in [1.54, 1.807) is 13.8 Å². The van der Waals surface area contributed by atoms with Gasteiger partial charge in [0.2, 0.25) is 0 Å². The van der Waals surface area contributed by atoms with Crippen LogP contribution in [0.2, 0.25) is 0 Å². The van der Waals surface area contributed by atoms with Gasteiger partial charge in [0.05, 0.1) is 24.7 Å². The molecule has 20 heteroatoms. The van der Waals surface area contributed by atoms with E-state index >= 15 is 0 Å². The molecule has 5 rings (SSSR count). The number of aliphatic carboxylic acids is 1. The van der Waals surface area contributed by atoms with Crippen molar-refractivity contribution in [1.82, 2.24) is 0 Å². The predicted octanol–water partition coefficient (Wildman–Crippen LogP) is -4.10. The van der Waals surface area contributed by atoms with E-state index in [0.717, 1.165) is 24.8 Å². The Balaban J connectivity index is 0.00000338. The normalized spacial score (nSPS) is 41.3. The van der Waals surface area contributed by atoms with Gasteiger partial charge >= 0.3 is 136 Å². The van der Waals surface area contributed by atoms with E-state index in [-0.39, 0.29) is 149 Å². The minimum atomic E-state index is -5.42. The van der Waals surface area contributed by atoms with E-state index in [0.29, 0.717) is 12.8 Å². The number of aliphatic hydroxyl groups excluding tert-OH is 2. The van der Waals surface area contributed by atoms with Crippen molar-refractivity contribution in [2.45, 2.75) is 115 Å². The molecule has 278 valence electrons. The summed E-state index contributed by atoms with van der Waals surface area (Å²) in [5, 5.41) is 32.0. The third kappa shape index (κ3) is 9.55. The molecule has 13 atom stereocenters. The zero-order valence-corrected chi connectivity index (χ0v) is 36.9. The van der Waals surface area contributed by atoms with Gasteiger partial charge in [0.25, 0.3) is 0 Å². The second kappa shape index (κ2) is 17.4. The molecular weight excluding hydrogens is 759 g/mol. The van der Waals surface area contributed by atoms with Crippen LogP contribution >= 0.6 is 0 Å². The Morgan fingerprint density at radius 1 is 1.02 bits per heavy atom. The van der Waals surface area contributed by atoms with Gasteiger partial charge in [-0.1, -0.05) is 27.4 Å². The fourth-order valence-electron chi connectivity index (χ4n) is 9.82. The zero-order valence-electron chi connectivity index (χ0n) is 31.0. The number of ether oxygens (including phenoxy) is 3. The molecule has 16 nitrogen and oxygen atoms in total. The van der Waals surface area contributed by atoms with Crippen LogP contribution < -0.4 is 103 Å². The molecule has 1 aliphatic heterocycles. The van der Waals surface area contributed by atoms with Crippen LogP contribution in [-0.4, -0.2) is 103 Å². The number of carboxylic acids is 1. The minimum absolute atomic E-state index is 0. The van der Waals surface area contributed by atoms with Gasteiger partial charge in [-0.25, -0.2) is 8.37 Å². The summed E-state index contributed by atoms with van der Waals surface area (Å²) < 4.78 is 93.5. The molecule has 2 bridgehead atoms. The van der Waals surface area contributed by atoms with E-state index in [4.69, 9.17) is 18.4 Å². The van der Waals surface area contributed by atoms with Crippen LogP contribution in [-0.2, 0) is 53.0 Å². The van der Waals surface area contributed by atoms with Crippen molar-refractivity contribution < 1.29 is 179 Å². The SMILES string of the molecule is C=C1[C@@H]2CC[C@H]3[C@@]4(C)C[C@H](O[C@@H]5O[C@H](CO)[C@@H](OS(=O)(=O)O)[C@H](OS(=O)(=O)O)[C@H]5OC(=O)CC(C)C)CC(C(=O)O)[C@H]4CC[C@@]3(C2)[C@H]1O.[H-].[H-].[K+].[K+]. The largest absolute Gasteiger partial charge is 1.00 e. The van der Waals surface area contributed by atoms with Crippen molar-refractivity contribution in [1.29, 1.82) is 0 Å². The molecule has 1 saturated heterocycles. The Kier molecular flexibility index (Phi) is 15.9. The van der Waals surface area contributed by atoms with Crippen LogP contribution in [0.3, 0.4) is 0 Å². The van der Waals surface area contributed by atoms with Gasteiger partial charge in [0.15, 0.2) is 18.5 Å². The molecule has 5 N–H and O–H groups in total. The number of carboxylic acid groups (broad SMARTS) is 1. The quantitative estimate of drug-likeness (QED) is 0.0438. The first-order chi connectivity index (χ1) is 22.2. The Morgan fingerprint density at radius 2 is 1.64 bits per heavy atom. The number of aliphatic hydroxyl groups is 2. The van der Waals surface area contributed by atoms with E-state index in [1.165, 1.54) is 0 Å². The topological polar surface area (TPSA) is 250 Å². The van der Waals surface area contributed by atoms with Crippen LogP contribution in [0, 0.1) is 40.4 Å². The summed E-state index contributed by atoms with van der Waals surface area (Å²) in [6.45, 7) is 8.52. The van der Waals surface area contributed by atoms with Crippen molar-refractivity contribution >= 4 is 32.7 Å². The zero-order chi connectivity index (χ0) is 35.6. The first-order valence-corrected chi connectivity index (χ1v) is 18.9. The molecule has 0 aromatic heterocycles. The number of rotatable bonds is 11. The van der Waals surface area contributed by atoms with Crippen LogP contribution in [0.25, 0.3) is 0 Å². The van der Waals surface area contributed by atoms with Gasteiger partial charge in [-0.3, -0.25) is 18.7 Å². The average molecular weight is 807 g/mol. The number of esters is 1. The van der Waals surface area contributed by atoms with Crippen molar-refractivity contribution in [3.8, 4) is 0 Å². The van der Waals surface area contributed by atoms with E-state index < -0.39 is 99.0 Å². The molecular formula is C30H48K2O16S2. The fourth-order valence-corrected chi connectivity index (χ4v) is 10.8. The molecule has 0 radical (unpaired) electrons. The van der Waals surface area contributed by atoms with Crippen molar-refractivity contribution in [2.75, 3.05) is 6.61 Å². The minimum Gasteiger partial charge on any atom is -1.00 e. The standard InChI is InChI=1S/C30H46O16S2.2K.2H/c1-14(2)9-22(32)44-25-24(46-48(39,40)41)23(45-47(36,37)38)20(13-31)43-28(25)42-17-10-18(27(34)35)19-7-8-30-11-16(15(3)26(30)33)5-6-21(30)29(19,4)12-17;;;;/h14,16-21,23-26,28,31,33H,3,5-13H2,1-2,4H3,(H,34,35)(H,36,37,38)(H,39,40,41);;;;/q;2*+1;2*-1/t16-,17-,18?,19-,20-,21+,23-,24+,25-,26+,28-,29+,30+;;;;/m1..../s1. The van der Waals surface area contributed by atoms with Crippen LogP contribution in [0.1, 0.15) is 75.0 Å². The number of carbonyl (C=O) groups is 2. The number of hydrogen-bond donors (Lipinski definition) is 5. The van der Waals surface area contributed by atoms with Crippen LogP contribution in [0.15, 0.2) is 12.2 Å². The molecule has 4 saturated carbocycles. The van der Waals surface area contributed by atoms with E-state index in [2.05, 4.69) is 10.8 Å². The molecule has 1 spiro atoms. The van der Waals surface area contributed by atoms with Crippen molar-refractivity contribution in [3.05, 3.63) is 12.2 Å². The molecule has 0 amide bonds. The first-order valence-electron chi connectivity index (χ1n) is 16.2. The van der Waals surface area contributed by atoms with E-state index in [1.807, 2.05) is 6.92 Å². The number of carbonyl (C=O) groups excluding carboxylic acids is 1. The second-order valence-corrected chi connectivity index (χ2v) is 16.9. The molecule has 1 unspecified atom stereocenters. The Morgan fingerprint density at radius 3 is 2.20 bits per heavy atom. The maximum atomic E-state index is 12.9. The molecule has 5 fully saturated rings. The fraction of sp³-hybridized carbons (Fsp3) is 0.867. The Bertz CT molecular complexity index is 1510. The van der Waals surface area contributed by atoms with Crippen LogP contribution in [0.5, 0.6) is 0 Å². The summed E-state index contributed by atoms with van der Waals surface area (Å²) >= 11 is 0. The maximum Gasteiger partial charge on any atom is 1.00 e. The molecule has 0 aromatic carbocycles. The molecule has 50 heavy (non-hydrogen) atoms. The number of fused-ring (bicyclic) bond motifs is 3. The smallest absolute Gasteiger partial charge is 1.00 e. The van der Waals surface area contributed by atoms with E-state index in [9.17, 15) is 50.8 Å². The molecule has 5 aliphatic rings. The first kappa shape index (κ1) is 45.9. The van der Waals surface area contributed by atoms with Crippen LogP contribution in [0.4, 0.5) is 0 Å². The van der Waals surface area contributed by atoms with Gasteiger partial charge < -0.3 is 32.4 Å². The van der Waals surface area contributed by atoms with Gasteiger partial charge in [0, 0.05) is 11.8 Å². The van der Waals surface area contributed by atoms with Crippen molar-refractivity contribution in [3.63, 3.8) is 0 Å². The molecule has 0 aromatic rings. The molecule has 4 aliphatic carbocycles. The second-order valence-electron chi connectivity index (χ2n) is 14.8. The molecule has 1 heterocycles. The summed E-state index contributed by atoms with van der Waals surface area (Å²) in [6.07, 6.45) is -7.93. The van der Waals surface area contributed by atoms with Gasteiger partial charge in [0.1, 0.15) is 12.2 Å². The summed E-state index contributed by atoms with van der Waals surface area (Å²) in [5.74, 6) is -3.25. The monoisotopic (exact) mass is 806 g/mol.